The van der Waals surface area contributed by atoms with E-state index in [0.717, 1.165) is 6.42 Å². The molecule has 7 heteroatoms. The molecule has 7 nitrogen and oxygen atoms in total. The third kappa shape index (κ3) is 1.90. The minimum atomic E-state index is -0.472. The number of nitro groups is 1. The standard InChI is InChI=1S/C13H14N4O3/c14-6-7-1-2-10(17(18)19)9(5-7)16-12-11(15)8-3-4-20-13(8)12/h1-2,5,8,11-13,16H,3-4,15H2. The van der Waals surface area contributed by atoms with E-state index in [4.69, 9.17) is 15.7 Å². The summed E-state index contributed by atoms with van der Waals surface area (Å²) < 4.78 is 5.59. The van der Waals surface area contributed by atoms with Crippen molar-refractivity contribution < 1.29 is 9.66 Å². The maximum Gasteiger partial charge on any atom is 0.292 e. The number of nitro benzene ring substituents is 1. The number of hydrogen-bond donors (Lipinski definition) is 2. The lowest BCUT2D eigenvalue weighted by molar-refractivity contribution is -0.384. The molecule has 4 atom stereocenters. The van der Waals surface area contributed by atoms with Gasteiger partial charge in [-0.2, -0.15) is 5.26 Å². The highest BCUT2D eigenvalue weighted by atomic mass is 16.6. The van der Waals surface area contributed by atoms with Gasteiger partial charge >= 0.3 is 0 Å². The highest BCUT2D eigenvalue weighted by Gasteiger charge is 2.52. The molecule has 20 heavy (non-hydrogen) atoms. The number of benzene rings is 1. The van der Waals surface area contributed by atoms with E-state index in [2.05, 4.69) is 5.32 Å². The van der Waals surface area contributed by atoms with Crippen LogP contribution in [0.4, 0.5) is 11.4 Å². The lowest BCUT2D eigenvalue weighted by Gasteiger charge is -2.46. The molecule has 0 radical (unpaired) electrons. The fraction of sp³-hybridized carbons (Fsp3) is 0.462. The van der Waals surface area contributed by atoms with E-state index in [-0.39, 0.29) is 23.9 Å². The smallest absolute Gasteiger partial charge is 0.292 e. The number of hydrogen-bond acceptors (Lipinski definition) is 6. The van der Waals surface area contributed by atoms with Gasteiger partial charge in [-0.3, -0.25) is 10.1 Å². The summed E-state index contributed by atoms with van der Waals surface area (Å²) in [4.78, 5) is 10.6. The van der Waals surface area contributed by atoms with Crippen molar-refractivity contribution in [1.29, 1.82) is 5.26 Å². The number of anilines is 1. The Morgan fingerprint density at radius 3 is 3.05 bits per heavy atom. The van der Waals surface area contributed by atoms with Gasteiger partial charge in [0.1, 0.15) is 5.69 Å². The van der Waals surface area contributed by atoms with E-state index < -0.39 is 4.92 Å². The number of ether oxygens (including phenoxy) is 1. The number of nitriles is 1. The Labute approximate surface area is 115 Å². The van der Waals surface area contributed by atoms with Gasteiger partial charge in [-0.25, -0.2) is 0 Å². The third-order valence-corrected chi connectivity index (χ3v) is 4.09. The summed E-state index contributed by atoms with van der Waals surface area (Å²) in [6.45, 7) is 0.682. The molecule has 1 saturated heterocycles. The van der Waals surface area contributed by atoms with E-state index in [0.29, 0.717) is 23.8 Å². The zero-order valence-corrected chi connectivity index (χ0v) is 10.7. The van der Waals surface area contributed by atoms with Crippen LogP contribution in [0.3, 0.4) is 0 Å². The largest absolute Gasteiger partial charge is 0.376 e. The fourth-order valence-corrected chi connectivity index (χ4v) is 2.99. The van der Waals surface area contributed by atoms with Crippen molar-refractivity contribution in [3.8, 4) is 6.07 Å². The molecule has 1 heterocycles. The molecule has 1 aromatic carbocycles. The maximum atomic E-state index is 11.0. The summed E-state index contributed by atoms with van der Waals surface area (Å²) >= 11 is 0. The molecule has 4 unspecified atom stereocenters. The first-order valence-electron chi connectivity index (χ1n) is 6.44. The summed E-state index contributed by atoms with van der Waals surface area (Å²) in [6, 6.07) is 6.00. The summed E-state index contributed by atoms with van der Waals surface area (Å²) in [5.41, 5.74) is 6.71. The normalized spacial score (nSPS) is 31.0. The van der Waals surface area contributed by atoms with Crippen molar-refractivity contribution in [2.24, 2.45) is 11.7 Å². The van der Waals surface area contributed by atoms with Crippen molar-refractivity contribution in [3.63, 3.8) is 0 Å². The quantitative estimate of drug-likeness (QED) is 0.627. The van der Waals surface area contributed by atoms with Crippen LogP contribution in [0, 0.1) is 27.4 Å². The Morgan fingerprint density at radius 1 is 1.55 bits per heavy atom. The Kier molecular flexibility index (Phi) is 3.04. The van der Waals surface area contributed by atoms with Gasteiger partial charge in [-0.1, -0.05) is 0 Å². The molecular formula is C13H14N4O3. The number of fused-ring (bicyclic) bond motifs is 1. The molecule has 0 spiro atoms. The molecule has 3 N–H and O–H groups in total. The molecule has 1 aliphatic heterocycles. The van der Waals surface area contributed by atoms with E-state index in [1.165, 1.54) is 18.2 Å². The first-order valence-corrected chi connectivity index (χ1v) is 6.44. The first-order chi connectivity index (χ1) is 9.61. The molecule has 1 aliphatic carbocycles. The molecule has 2 aliphatic rings. The first kappa shape index (κ1) is 12.8. The van der Waals surface area contributed by atoms with Gasteiger partial charge in [-0.05, 0) is 18.6 Å². The average Bonchev–Trinajstić information content (AvgIpc) is 2.89. The topological polar surface area (TPSA) is 114 Å². The van der Waals surface area contributed by atoms with Crippen molar-refractivity contribution in [2.75, 3.05) is 11.9 Å². The average molecular weight is 274 g/mol. The number of nitrogens with two attached hydrogens (primary N) is 1. The lowest BCUT2D eigenvalue weighted by Crippen LogP contribution is -2.65. The molecule has 3 rings (SSSR count). The van der Waals surface area contributed by atoms with Gasteiger partial charge in [0, 0.05) is 24.6 Å². The second-order valence-electron chi connectivity index (χ2n) is 5.14. The maximum absolute atomic E-state index is 11.0. The summed E-state index contributed by atoms with van der Waals surface area (Å²) in [5.74, 6) is 0.325. The molecular weight excluding hydrogens is 260 g/mol. The van der Waals surface area contributed by atoms with Crippen molar-refractivity contribution in [2.45, 2.75) is 24.6 Å². The number of nitrogens with zero attached hydrogens (tertiary/aromatic N) is 2. The van der Waals surface area contributed by atoms with E-state index in [1.54, 1.807) is 0 Å². The van der Waals surface area contributed by atoms with Crippen LogP contribution < -0.4 is 11.1 Å². The van der Waals surface area contributed by atoms with Crippen LogP contribution in [0.25, 0.3) is 0 Å². The minimum Gasteiger partial charge on any atom is -0.376 e. The summed E-state index contributed by atoms with van der Waals surface area (Å²) in [5, 5.41) is 23.0. The predicted molar refractivity (Wildman–Crippen MR) is 71.0 cm³/mol. The van der Waals surface area contributed by atoms with E-state index in [1.807, 2.05) is 6.07 Å². The van der Waals surface area contributed by atoms with Crippen LogP contribution in [0.2, 0.25) is 0 Å². The van der Waals surface area contributed by atoms with Gasteiger partial charge in [0.05, 0.1) is 28.7 Å². The third-order valence-electron chi connectivity index (χ3n) is 4.09. The summed E-state index contributed by atoms with van der Waals surface area (Å²) in [6.07, 6.45) is 0.944. The Hall–Kier alpha value is -2.17. The Balaban J connectivity index is 1.86. The Bertz CT molecular complexity index is 598. The molecule has 0 aromatic heterocycles. The van der Waals surface area contributed by atoms with Gasteiger partial charge in [0.15, 0.2) is 0 Å². The number of nitrogens with one attached hydrogen (secondary N) is 1. The van der Waals surface area contributed by atoms with E-state index >= 15 is 0 Å². The highest BCUT2D eigenvalue weighted by Crippen LogP contribution is 2.40. The predicted octanol–water partition coefficient (Wildman–Crippen LogP) is 0.993. The molecule has 1 saturated carbocycles. The SMILES string of the molecule is N#Cc1ccc([N+](=O)[O-])c(NC2C(N)C3CCOC32)c1. The molecule has 104 valence electrons. The zero-order valence-electron chi connectivity index (χ0n) is 10.7. The second-order valence-corrected chi connectivity index (χ2v) is 5.14. The second kappa shape index (κ2) is 4.74. The van der Waals surface area contributed by atoms with Crippen molar-refractivity contribution >= 4 is 11.4 Å². The number of rotatable bonds is 3. The molecule has 0 amide bonds. The van der Waals surface area contributed by atoms with Crippen LogP contribution in [-0.4, -0.2) is 29.7 Å². The molecule has 2 fully saturated rings. The van der Waals surface area contributed by atoms with Gasteiger partial charge < -0.3 is 15.8 Å². The lowest BCUT2D eigenvalue weighted by atomic mass is 9.72. The van der Waals surface area contributed by atoms with Gasteiger partial charge in [0.2, 0.25) is 0 Å². The van der Waals surface area contributed by atoms with Crippen LogP contribution in [-0.2, 0) is 4.74 Å². The van der Waals surface area contributed by atoms with Crippen molar-refractivity contribution in [1.82, 2.24) is 0 Å². The van der Waals surface area contributed by atoms with Gasteiger partial charge in [-0.15, -0.1) is 0 Å². The van der Waals surface area contributed by atoms with Gasteiger partial charge in [0.25, 0.3) is 5.69 Å². The van der Waals surface area contributed by atoms with Crippen LogP contribution in [0.1, 0.15) is 12.0 Å². The van der Waals surface area contributed by atoms with Crippen LogP contribution in [0.15, 0.2) is 18.2 Å². The minimum absolute atomic E-state index is 0.00958. The molecule has 1 aromatic rings. The molecule has 0 bridgehead atoms. The highest BCUT2D eigenvalue weighted by molar-refractivity contribution is 5.65. The van der Waals surface area contributed by atoms with Crippen LogP contribution in [0.5, 0.6) is 0 Å². The van der Waals surface area contributed by atoms with E-state index in [9.17, 15) is 10.1 Å². The summed E-state index contributed by atoms with van der Waals surface area (Å²) in [7, 11) is 0. The monoisotopic (exact) mass is 274 g/mol. The van der Waals surface area contributed by atoms with Crippen molar-refractivity contribution in [3.05, 3.63) is 33.9 Å². The Morgan fingerprint density at radius 2 is 2.35 bits per heavy atom. The zero-order chi connectivity index (χ0) is 14.3. The van der Waals surface area contributed by atoms with Crippen LogP contribution >= 0.6 is 0 Å². The fourth-order valence-electron chi connectivity index (χ4n) is 2.99.